The molecule has 0 radical (unpaired) electrons. The molecule has 0 aromatic carbocycles. The van der Waals surface area contributed by atoms with E-state index in [-0.39, 0.29) is 5.78 Å². The van der Waals surface area contributed by atoms with Crippen molar-refractivity contribution in [2.75, 3.05) is 6.61 Å². The van der Waals surface area contributed by atoms with Crippen LogP contribution in [0.2, 0.25) is 0 Å². The molecule has 0 spiro atoms. The van der Waals surface area contributed by atoms with Crippen LogP contribution in [-0.2, 0) is 22.5 Å². The molecule has 1 atom stereocenters. The molecular weight excluding hydrogens is 296 g/mol. The van der Waals surface area contributed by atoms with Crippen molar-refractivity contribution in [3.05, 3.63) is 15.9 Å². The van der Waals surface area contributed by atoms with Gasteiger partial charge in [0.1, 0.15) is 5.60 Å². The van der Waals surface area contributed by atoms with Gasteiger partial charge >= 0.3 is 0 Å². The van der Waals surface area contributed by atoms with Gasteiger partial charge in [-0.1, -0.05) is 0 Å². The predicted octanol–water partition coefficient (Wildman–Crippen LogP) is 2.65. The Kier molecular flexibility index (Phi) is 3.92. The summed E-state index contributed by atoms with van der Waals surface area (Å²) >= 11 is 3.52. The second-order valence-corrected chi connectivity index (χ2v) is 5.74. The van der Waals surface area contributed by atoms with Gasteiger partial charge in [-0.25, -0.2) is 0 Å². The largest absolute Gasteiger partial charge is 0.367 e. The van der Waals surface area contributed by atoms with Crippen molar-refractivity contribution in [1.82, 2.24) is 9.78 Å². The molecule has 5 heteroatoms. The van der Waals surface area contributed by atoms with Crippen LogP contribution in [0.3, 0.4) is 0 Å². The van der Waals surface area contributed by atoms with Gasteiger partial charge in [-0.2, -0.15) is 5.10 Å². The van der Waals surface area contributed by atoms with E-state index in [2.05, 4.69) is 21.0 Å². The third-order valence-corrected chi connectivity index (χ3v) is 4.62. The molecule has 18 heavy (non-hydrogen) atoms. The van der Waals surface area contributed by atoms with Crippen molar-refractivity contribution in [3.63, 3.8) is 0 Å². The van der Waals surface area contributed by atoms with Crippen molar-refractivity contribution >= 4 is 21.7 Å². The first-order valence-electron chi connectivity index (χ1n) is 6.37. The lowest BCUT2D eigenvalue weighted by Gasteiger charge is -2.21. The number of aromatic nitrogens is 2. The lowest BCUT2D eigenvalue weighted by atomic mass is 9.94. The van der Waals surface area contributed by atoms with E-state index in [9.17, 15) is 4.79 Å². The molecule has 0 amide bonds. The Morgan fingerprint density at radius 1 is 1.61 bits per heavy atom. The van der Waals surface area contributed by atoms with Crippen molar-refractivity contribution < 1.29 is 9.53 Å². The number of halogens is 1. The number of hydrogen-bond acceptors (Lipinski definition) is 3. The molecule has 2 rings (SSSR count). The van der Waals surface area contributed by atoms with Crippen LogP contribution < -0.4 is 0 Å². The molecule has 0 saturated carbocycles. The number of carbonyl (C=O) groups excluding carboxylic acids is 1. The molecule has 1 saturated heterocycles. The highest BCUT2D eigenvalue weighted by molar-refractivity contribution is 9.10. The molecule has 1 aliphatic heterocycles. The fourth-order valence-electron chi connectivity index (χ4n) is 2.38. The number of hydrogen-bond donors (Lipinski definition) is 0. The maximum atomic E-state index is 12.4. The Morgan fingerprint density at radius 2 is 2.33 bits per heavy atom. The number of carbonyl (C=O) groups is 1. The minimum Gasteiger partial charge on any atom is -0.367 e. The summed E-state index contributed by atoms with van der Waals surface area (Å²) in [5, 5.41) is 4.41. The highest BCUT2D eigenvalue weighted by atomic mass is 79.9. The topological polar surface area (TPSA) is 44.1 Å². The Balaban J connectivity index is 2.21. The van der Waals surface area contributed by atoms with Crippen molar-refractivity contribution in [2.45, 2.75) is 52.2 Å². The van der Waals surface area contributed by atoms with E-state index in [1.807, 2.05) is 25.5 Å². The molecule has 100 valence electrons. The molecule has 0 aliphatic carbocycles. The summed E-state index contributed by atoms with van der Waals surface area (Å²) in [7, 11) is 0. The molecule has 1 aliphatic rings. The normalized spacial score (nSPS) is 23.6. The van der Waals surface area contributed by atoms with E-state index in [0.29, 0.717) is 13.0 Å². The standard InChI is InChI=1S/C13H19BrN2O2/c1-4-16-10(12(14)9(2)15-16)8-11(17)13(3)6-5-7-18-13/h4-8H2,1-3H3. The fraction of sp³-hybridized carbons (Fsp3) is 0.692. The second kappa shape index (κ2) is 5.13. The zero-order chi connectivity index (χ0) is 13.3. The Bertz CT molecular complexity index is 462. The summed E-state index contributed by atoms with van der Waals surface area (Å²) in [6.45, 7) is 7.33. The average Bonchev–Trinajstić information content (AvgIpc) is 2.89. The van der Waals surface area contributed by atoms with E-state index < -0.39 is 5.60 Å². The first kappa shape index (κ1) is 13.7. The van der Waals surface area contributed by atoms with Crippen LogP contribution in [0.4, 0.5) is 0 Å². The van der Waals surface area contributed by atoms with Crippen LogP contribution in [0.25, 0.3) is 0 Å². The summed E-state index contributed by atoms with van der Waals surface area (Å²) in [4.78, 5) is 12.4. The van der Waals surface area contributed by atoms with Crippen LogP contribution in [-0.4, -0.2) is 27.8 Å². The van der Waals surface area contributed by atoms with E-state index in [4.69, 9.17) is 4.74 Å². The average molecular weight is 315 g/mol. The van der Waals surface area contributed by atoms with Crippen molar-refractivity contribution in [3.8, 4) is 0 Å². The number of ether oxygens (including phenoxy) is 1. The van der Waals surface area contributed by atoms with Crippen LogP contribution >= 0.6 is 15.9 Å². The summed E-state index contributed by atoms with van der Waals surface area (Å²) in [6, 6.07) is 0. The zero-order valence-electron chi connectivity index (χ0n) is 11.1. The third-order valence-electron chi connectivity index (χ3n) is 3.59. The second-order valence-electron chi connectivity index (χ2n) is 4.94. The minimum atomic E-state index is -0.601. The van der Waals surface area contributed by atoms with E-state index in [1.54, 1.807) is 0 Å². The van der Waals surface area contributed by atoms with Gasteiger partial charge in [-0.15, -0.1) is 0 Å². The van der Waals surface area contributed by atoms with E-state index in [1.165, 1.54) is 0 Å². The number of nitrogens with zero attached hydrogens (tertiary/aromatic N) is 2. The summed E-state index contributed by atoms with van der Waals surface area (Å²) in [6.07, 6.45) is 2.17. The number of aryl methyl sites for hydroxylation is 2. The molecular formula is C13H19BrN2O2. The van der Waals surface area contributed by atoms with Crippen molar-refractivity contribution in [1.29, 1.82) is 0 Å². The Hall–Kier alpha value is -0.680. The van der Waals surface area contributed by atoms with Gasteiger partial charge in [-0.05, 0) is 49.5 Å². The summed E-state index contributed by atoms with van der Waals surface area (Å²) < 4.78 is 8.43. The summed E-state index contributed by atoms with van der Waals surface area (Å²) in [5.74, 6) is 0.148. The molecule has 1 aromatic heterocycles. The van der Waals surface area contributed by atoms with Gasteiger partial charge in [0.25, 0.3) is 0 Å². The minimum absolute atomic E-state index is 0.148. The van der Waals surface area contributed by atoms with Crippen LogP contribution in [0, 0.1) is 6.92 Å². The van der Waals surface area contributed by atoms with Gasteiger partial charge < -0.3 is 4.74 Å². The van der Waals surface area contributed by atoms with Gasteiger partial charge in [-0.3, -0.25) is 9.48 Å². The van der Waals surface area contributed by atoms with E-state index >= 15 is 0 Å². The monoisotopic (exact) mass is 314 g/mol. The van der Waals surface area contributed by atoms with Crippen LogP contribution in [0.5, 0.6) is 0 Å². The van der Waals surface area contributed by atoms with Gasteiger partial charge in [0.05, 0.1) is 22.3 Å². The first-order valence-corrected chi connectivity index (χ1v) is 7.16. The number of ketones is 1. The maximum Gasteiger partial charge on any atom is 0.170 e. The Morgan fingerprint density at radius 3 is 2.89 bits per heavy atom. The smallest absolute Gasteiger partial charge is 0.170 e. The number of Topliss-reactive ketones (excluding diaryl/α,β-unsaturated/α-hetero) is 1. The van der Waals surface area contributed by atoms with Crippen molar-refractivity contribution in [2.24, 2.45) is 0 Å². The molecule has 1 unspecified atom stereocenters. The molecule has 0 bridgehead atoms. The molecule has 4 nitrogen and oxygen atoms in total. The summed E-state index contributed by atoms with van der Waals surface area (Å²) in [5.41, 5.74) is 1.28. The van der Waals surface area contributed by atoms with Crippen LogP contribution in [0.15, 0.2) is 4.47 Å². The molecule has 1 fully saturated rings. The molecule has 0 N–H and O–H groups in total. The zero-order valence-corrected chi connectivity index (χ0v) is 12.7. The highest BCUT2D eigenvalue weighted by Crippen LogP contribution is 2.29. The molecule has 2 heterocycles. The lowest BCUT2D eigenvalue weighted by Crippen LogP contribution is -2.36. The molecule has 1 aromatic rings. The highest BCUT2D eigenvalue weighted by Gasteiger charge is 2.38. The van der Waals surface area contributed by atoms with Gasteiger partial charge in [0.15, 0.2) is 5.78 Å². The van der Waals surface area contributed by atoms with Crippen LogP contribution in [0.1, 0.15) is 38.1 Å². The van der Waals surface area contributed by atoms with Gasteiger partial charge in [0, 0.05) is 13.2 Å². The number of rotatable bonds is 4. The third kappa shape index (κ3) is 2.38. The van der Waals surface area contributed by atoms with E-state index in [0.717, 1.165) is 35.2 Å². The first-order chi connectivity index (χ1) is 8.48. The Labute approximate surface area is 116 Å². The lowest BCUT2D eigenvalue weighted by molar-refractivity contribution is -0.136. The maximum absolute atomic E-state index is 12.4. The quantitative estimate of drug-likeness (QED) is 0.858. The van der Waals surface area contributed by atoms with Gasteiger partial charge in [0.2, 0.25) is 0 Å². The fourth-order valence-corrected chi connectivity index (χ4v) is 2.80. The SMILES string of the molecule is CCn1nc(C)c(Br)c1CC(=O)C1(C)CCCO1. The predicted molar refractivity (Wildman–Crippen MR) is 72.6 cm³/mol.